The summed E-state index contributed by atoms with van der Waals surface area (Å²) in [5.41, 5.74) is 1.54. The number of benzene rings is 1. The second kappa shape index (κ2) is 11.0. The summed E-state index contributed by atoms with van der Waals surface area (Å²) in [6, 6.07) is 9.63. The van der Waals surface area contributed by atoms with E-state index in [-0.39, 0.29) is 18.1 Å². The number of primary sulfonamides is 1. The van der Waals surface area contributed by atoms with Gasteiger partial charge in [-0.15, -0.1) is 11.3 Å². The third kappa shape index (κ3) is 6.33. The maximum absolute atomic E-state index is 14.0. The summed E-state index contributed by atoms with van der Waals surface area (Å²) in [6.45, 7) is 6.35. The number of hydrogen-bond donors (Lipinski definition) is 1. The van der Waals surface area contributed by atoms with Crippen molar-refractivity contribution in [1.82, 2.24) is 9.88 Å². The second-order valence-corrected chi connectivity index (χ2v) is 12.7. The number of ketones is 1. The third-order valence-electron chi connectivity index (χ3n) is 6.92. The van der Waals surface area contributed by atoms with Gasteiger partial charge in [-0.2, -0.15) is 0 Å². The normalized spacial score (nSPS) is 14.3. The van der Waals surface area contributed by atoms with Gasteiger partial charge in [-0.1, -0.05) is 12.1 Å². The van der Waals surface area contributed by atoms with Crippen molar-refractivity contribution in [1.29, 1.82) is 0 Å². The first kappa shape index (κ1) is 28.0. The Kier molecular flexibility index (Phi) is 8.10. The van der Waals surface area contributed by atoms with Crippen molar-refractivity contribution >= 4 is 33.1 Å². The number of furan rings is 1. The zero-order valence-electron chi connectivity index (χ0n) is 22.1. The van der Waals surface area contributed by atoms with Crippen LogP contribution in [0.1, 0.15) is 62.3 Å². The van der Waals surface area contributed by atoms with E-state index < -0.39 is 27.0 Å². The van der Waals surface area contributed by atoms with Crippen LogP contribution in [0.25, 0.3) is 0 Å². The van der Waals surface area contributed by atoms with Crippen LogP contribution in [-0.4, -0.2) is 49.4 Å². The lowest BCUT2D eigenvalue weighted by Gasteiger charge is -2.27. The molecule has 0 radical (unpaired) electrons. The van der Waals surface area contributed by atoms with E-state index in [2.05, 4.69) is 4.98 Å². The molecule has 1 fully saturated rings. The molecule has 0 atom stereocenters. The van der Waals surface area contributed by atoms with Crippen molar-refractivity contribution in [3.63, 3.8) is 0 Å². The Morgan fingerprint density at radius 1 is 1.18 bits per heavy atom. The van der Waals surface area contributed by atoms with Gasteiger partial charge in [0.15, 0.2) is 5.78 Å². The fraction of sp³-hybridized carbons (Fsp3) is 0.444. The number of Topliss-reactive ketones (excluding diaryl/α,β-unsaturated/α-hetero) is 1. The molecule has 204 valence electrons. The molecule has 0 bridgehead atoms. The predicted octanol–water partition coefficient (Wildman–Crippen LogP) is 3.83. The molecule has 4 rings (SSSR count). The standard InChI is InChI=1S/C27H33N3O6S2/c1-17-14-22(36-18(17)2)6-5-13-30(15-24-29-25(19(3)37-24)23(31)16-38(28,33)34)26(32)27(11-12-27)20-7-9-21(35-4)10-8-20/h7-10,14H,5-6,11-13,15-16H2,1-4H3,(H2,28,33,34). The van der Waals surface area contributed by atoms with Gasteiger partial charge in [-0.05, 0) is 69.4 Å². The molecule has 0 aliphatic heterocycles. The van der Waals surface area contributed by atoms with Gasteiger partial charge in [0.25, 0.3) is 0 Å². The van der Waals surface area contributed by atoms with Gasteiger partial charge in [0.05, 0.1) is 19.1 Å². The van der Waals surface area contributed by atoms with Crippen LogP contribution in [0.4, 0.5) is 0 Å². The largest absolute Gasteiger partial charge is 0.497 e. The van der Waals surface area contributed by atoms with E-state index in [1.807, 2.05) is 44.2 Å². The summed E-state index contributed by atoms with van der Waals surface area (Å²) in [7, 11) is -2.36. The lowest BCUT2D eigenvalue weighted by atomic mass is 9.94. The topological polar surface area (TPSA) is 133 Å². The number of carbonyl (C=O) groups excluding carboxylic acids is 2. The Hall–Kier alpha value is -3.02. The van der Waals surface area contributed by atoms with Crippen LogP contribution in [0.2, 0.25) is 0 Å². The minimum Gasteiger partial charge on any atom is -0.497 e. The number of rotatable bonds is 12. The summed E-state index contributed by atoms with van der Waals surface area (Å²) in [5.74, 6) is 1.06. The highest BCUT2D eigenvalue weighted by Gasteiger charge is 2.53. The molecule has 1 aliphatic carbocycles. The molecule has 38 heavy (non-hydrogen) atoms. The Balaban J connectivity index is 1.56. The van der Waals surface area contributed by atoms with Gasteiger partial charge in [0.2, 0.25) is 15.9 Å². The maximum atomic E-state index is 14.0. The number of aryl methyl sites for hydroxylation is 4. The molecule has 1 aliphatic rings. The minimum atomic E-state index is -3.97. The molecule has 2 heterocycles. The van der Waals surface area contributed by atoms with Crippen LogP contribution < -0.4 is 9.88 Å². The number of carbonyl (C=O) groups is 2. The first-order chi connectivity index (χ1) is 17.9. The number of methoxy groups -OCH3 is 1. The van der Waals surface area contributed by atoms with E-state index >= 15 is 0 Å². The SMILES string of the molecule is COc1ccc(C2(C(=O)N(CCCc3cc(C)c(C)o3)Cc3nc(C(=O)CS(N)(=O)=O)c(C)s3)CC2)cc1. The van der Waals surface area contributed by atoms with E-state index in [4.69, 9.17) is 14.3 Å². The Labute approximate surface area is 227 Å². The summed E-state index contributed by atoms with van der Waals surface area (Å²) in [6.07, 6.45) is 2.88. The van der Waals surface area contributed by atoms with Crippen molar-refractivity contribution in [3.8, 4) is 5.75 Å². The molecule has 3 aromatic rings. The number of thiazole rings is 1. The molecule has 1 saturated carbocycles. The highest BCUT2D eigenvalue weighted by atomic mass is 32.2. The van der Waals surface area contributed by atoms with Crippen molar-refractivity contribution < 1.29 is 27.2 Å². The van der Waals surface area contributed by atoms with E-state index in [1.54, 1.807) is 18.9 Å². The van der Waals surface area contributed by atoms with Crippen LogP contribution in [-0.2, 0) is 33.2 Å². The van der Waals surface area contributed by atoms with Crippen molar-refractivity contribution in [2.75, 3.05) is 19.4 Å². The van der Waals surface area contributed by atoms with Crippen molar-refractivity contribution in [3.05, 3.63) is 68.6 Å². The molecule has 2 N–H and O–H groups in total. The van der Waals surface area contributed by atoms with Gasteiger partial charge < -0.3 is 14.1 Å². The van der Waals surface area contributed by atoms with Crippen molar-refractivity contribution in [2.24, 2.45) is 5.14 Å². The molecule has 11 heteroatoms. The monoisotopic (exact) mass is 559 g/mol. The van der Waals surface area contributed by atoms with Crippen LogP contribution >= 0.6 is 11.3 Å². The molecule has 0 saturated heterocycles. The maximum Gasteiger partial charge on any atom is 0.233 e. The van der Waals surface area contributed by atoms with E-state index in [0.29, 0.717) is 29.3 Å². The molecule has 1 aromatic carbocycles. The van der Waals surface area contributed by atoms with Crippen LogP contribution in [0.5, 0.6) is 5.75 Å². The highest BCUT2D eigenvalue weighted by Crippen LogP contribution is 2.50. The Morgan fingerprint density at radius 2 is 1.87 bits per heavy atom. The smallest absolute Gasteiger partial charge is 0.233 e. The number of sulfonamides is 1. The van der Waals surface area contributed by atoms with Crippen molar-refractivity contribution in [2.45, 2.75) is 58.4 Å². The first-order valence-electron chi connectivity index (χ1n) is 12.4. The molecule has 2 aromatic heterocycles. The summed E-state index contributed by atoms with van der Waals surface area (Å²) >= 11 is 1.28. The number of nitrogens with two attached hydrogens (primary N) is 1. The van der Waals surface area contributed by atoms with Gasteiger partial charge in [-0.25, -0.2) is 18.5 Å². The molecule has 9 nitrogen and oxygen atoms in total. The van der Waals surface area contributed by atoms with Crippen LogP contribution in [0.3, 0.4) is 0 Å². The van der Waals surface area contributed by atoms with Gasteiger partial charge in [-0.3, -0.25) is 9.59 Å². The second-order valence-electron chi connectivity index (χ2n) is 9.84. The number of nitrogens with zero attached hydrogens (tertiary/aromatic N) is 2. The molecular formula is C27H33N3O6S2. The van der Waals surface area contributed by atoms with E-state index in [1.165, 1.54) is 11.3 Å². The molecular weight excluding hydrogens is 526 g/mol. The third-order valence-corrected chi connectivity index (χ3v) is 8.54. The fourth-order valence-electron chi connectivity index (χ4n) is 4.63. The van der Waals surface area contributed by atoms with E-state index in [0.717, 1.165) is 41.2 Å². The van der Waals surface area contributed by atoms with Crippen LogP contribution in [0.15, 0.2) is 34.7 Å². The number of amides is 1. The van der Waals surface area contributed by atoms with E-state index in [9.17, 15) is 18.0 Å². The molecule has 0 unspecified atom stereocenters. The lowest BCUT2D eigenvalue weighted by molar-refractivity contribution is -0.134. The Morgan fingerprint density at radius 3 is 2.42 bits per heavy atom. The predicted molar refractivity (Wildman–Crippen MR) is 145 cm³/mol. The van der Waals surface area contributed by atoms with Crippen LogP contribution in [0, 0.1) is 20.8 Å². The average molecular weight is 560 g/mol. The zero-order chi connectivity index (χ0) is 27.7. The molecule has 1 amide bonds. The quantitative estimate of drug-likeness (QED) is 0.333. The Bertz CT molecular complexity index is 1420. The molecule has 0 spiro atoms. The number of hydrogen-bond acceptors (Lipinski definition) is 8. The lowest BCUT2D eigenvalue weighted by Crippen LogP contribution is -2.39. The summed E-state index contributed by atoms with van der Waals surface area (Å²) < 4.78 is 33.9. The highest BCUT2D eigenvalue weighted by molar-refractivity contribution is 7.89. The zero-order valence-corrected chi connectivity index (χ0v) is 23.7. The summed E-state index contributed by atoms with van der Waals surface area (Å²) in [4.78, 5) is 33.3. The van der Waals surface area contributed by atoms with Gasteiger partial charge in [0.1, 0.15) is 33.7 Å². The number of ether oxygens (including phenoxy) is 1. The fourth-order valence-corrected chi connectivity index (χ4v) is 6.09. The first-order valence-corrected chi connectivity index (χ1v) is 14.9. The minimum absolute atomic E-state index is 0.0136. The van der Waals surface area contributed by atoms with Gasteiger partial charge >= 0.3 is 0 Å². The summed E-state index contributed by atoms with van der Waals surface area (Å²) in [5, 5.41) is 5.62. The average Bonchev–Trinajstić information content (AvgIpc) is 3.49. The van der Waals surface area contributed by atoms with Gasteiger partial charge in [0, 0.05) is 17.8 Å². The number of aromatic nitrogens is 1.